The smallest absolute Gasteiger partial charge is 0.322 e. The summed E-state index contributed by atoms with van der Waals surface area (Å²) in [7, 11) is 0. The van der Waals surface area contributed by atoms with E-state index < -0.39 is 0 Å². The summed E-state index contributed by atoms with van der Waals surface area (Å²) in [5, 5.41) is 2.81. The number of aryl methyl sites for hydroxylation is 1. The van der Waals surface area contributed by atoms with Gasteiger partial charge in [-0.2, -0.15) is 0 Å². The van der Waals surface area contributed by atoms with Crippen LogP contribution in [0.1, 0.15) is 15.3 Å². The number of benzene rings is 2. The van der Waals surface area contributed by atoms with Crippen molar-refractivity contribution in [3.8, 4) is 0 Å². The van der Waals surface area contributed by atoms with Crippen molar-refractivity contribution in [2.24, 2.45) is 0 Å². The normalized spacial score (nSPS) is 10.4. The molecule has 0 saturated heterocycles. The molecule has 166 valence electrons. The highest BCUT2D eigenvalue weighted by Crippen LogP contribution is 2.19. The molecule has 0 radical (unpaired) electrons. The van der Waals surface area contributed by atoms with Gasteiger partial charge in [0.25, 0.3) is 0 Å². The standard InChI is InChI=1S/C25H26FN3O2S/c1-3-15-28(25(31)27-22-7-5-4-6-8-22)18-24(30)29(17-23-14-9-19(2)32-23)16-20-10-12-21(26)13-11-20/h3-14H,1,15-18H2,2H3,(H,27,31). The van der Waals surface area contributed by atoms with Crippen molar-refractivity contribution in [3.63, 3.8) is 0 Å². The molecule has 2 aromatic carbocycles. The third-order valence-electron chi connectivity index (χ3n) is 4.77. The van der Waals surface area contributed by atoms with E-state index in [0.717, 1.165) is 15.3 Å². The first-order valence-electron chi connectivity index (χ1n) is 10.2. The van der Waals surface area contributed by atoms with Crippen LogP contribution >= 0.6 is 11.3 Å². The summed E-state index contributed by atoms with van der Waals surface area (Å²) in [5.74, 6) is -0.527. The lowest BCUT2D eigenvalue weighted by Gasteiger charge is -2.27. The molecule has 3 aromatic rings. The van der Waals surface area contributed by atoms with Crippen molar-refractivity contribution in [3.05, 3.63) is 101 Å². The van der Waals surface area contributed by atoms with Gasteiger partial charge in [0.15, 0.2) is 0 Å². The number of nitrogens with one attached hydrogen (secondary N) is 1. The van der Waals surface area contributed by atoms with Gasteiger partial charge in [-0.15, -0.1) is 17.9 Å². The van der Waals surface area contributed by atoms with E-state index in [1.54, 1.807) is 46.6 Å². The first-order chi connectivity index (χ1) is 15.4. The zero-order valence-corrected chi connectivity index (χ0v) is 18.8. The number of thiophene rings is 1. The maximum Gasteiger partial charge on any atom is 0.322 e. The monoisotopic (exact) mass is 451 g/mol. The molecule has 0 bridgehead atoms. The Morgan fingerprint density at radius 2 is 1.72 bits per heavy atom. The minimum absolute atomic E-state index is 0.101. The highest BCUT2D eigenvalue weighted by molar-refractivity contribution is 7.11. The van der Waals surface area contributed by atoms with Crippen LogP contribution in [0.15, 0.2) is 79.4 Å². The van der Waals surface area contributed by atoms with Gasteiger partial charge in [0, 0.05) is 28.5 Å². The van der Waals surface area contributed by atoms with E-state index in [9.17, 15) is 14.0 Å². The second-order valence-corrected chi connectivity index (χ2v) is 8.73. The third kappa shape index (κ3) is 6.78. The molecule has 0 atom stereocenters. The summed E-state index contributed by atoms with van der Waals surface area (Å²) in [6, 6.07) is 18.8. The van der Waals surface area contributed by atoms with Gasteiger partial charge in [-0.1, -0.05) is 36.4 Å². The number of carbonyl (C=O) groups is 2. The van der Waals surface area contributed by atoms with Gasteiger partial charge >= 0.3 is 6.03 Å². The first kappa shape index (κ1) is 23.2. The number of anilines is 1. The van der Waals surface area contributed by atoms with Crippen LogP contribution in [0.3, 0.4) is 0 Å². The molecule has 0 unspecified atom stereocenters. The van der Waals surface area contributed by atoms with Gasteiger partial charge in [-0.3, -0.25) is 4.79 Å². The van der Waals surface area contributed by atoms with Crippen LogP contribution in [0.2, 0.25) is 0 Å². The zero-order chi connectivity index (χ0) is 22.9. The molecular weight excluding hydrogens is 425 g/mol. The molecule has 3 amide bonds. The van der Waals surface area contributed by atoms with Crippen LogP contribution < -0.4 is 5.32 Å². The minimum Gasteiger partial charge on any atom is -0.332 e. The van der Waals surface area contributed by atoms with Gasteiger partial charge < -0.3 is 15.1 Å². The quantitative estimate of drug-likeness (QED) is 0.440. The lowest BCUT2D eigenvalue weighted by atomic mass is 10.2. The SMILES string of the molecule is C=CCN(CC(=O)N(Cc1ccc(F)cc1)Cc1ccc(C)s1)C(=O)Nc1ccccc1. The van der Waals surface area contributed by atoms with Crippen molar-refractivity contribution in [2.45, 2.75) is 20.0 Å². The Hall–Kier alpha value is -3.45. The van der Waals surface area contributed by atoms with Crippen molar-refractivity contribution >= 4 is 29.0 Å². The zero-order valence-electron chi connectivity index (χ0n) is 18.0. The molecule has 5 nitrogen and oxygen atoms in total. The number of amides is 3. The summed E-state index contributed by atoms with van der Waals surface area (Å²) in [6.07, 6.45) is 1.59. The summed E-state index contributed by atoms with van der Waals surface area (Å²) in [5.41, 5.74) is 1.47. The molecule has 3 rings (SSSR count). The molecule has 0 aliphatic carbocycles. The highest BCUT2D eigenvalue weighted by Gasteiger charge is 2.22. The van der Waals surface area contributed by atoms with E-state index in [0.29, 0.717) is 18.8 Å². The Morgan fingerprint density at radius 1 is 1.00 bits per heavy atom. The van der Waals surface area contributed by atoms with E-state index in [-0.39, 0.29) is 30.8 Å². The van der Waals surface area contributed by atoms with Crippen molar-refractivity contribution in [1.29, 1.82) is 0 Å². The average molecular weight is 452 g/mol. The lowest BCUT2D eigenvalue weighted by molar-refractivity contribution is -0.132. The molecule has 0 aliphatic heterocycles. The second kappa shape index (κ2) is 11.2. The maximum absolute atomic E-state index is 13.3. The average Bonchev–Trinajstić information content (AvgIpc) is 3.19. The van der Waals surface area contributed by atoms with Crippen LogP contribution in [0.5, 0.6) is 0 Å². The fourth-order valence-corrected chi connectivity index (χ4v) is 4.07. The van der Waals surface area contributed by atoms with Crippen molar-refractivity contribution in [1.82, 2.24) is 9.80 Å². The summed E-state index contributed by atoms with van der Waals surface area (Å²) >= 11 is 1.62. The molecule has 1 heterocycles. The van der Waals surface area contributed by atoms with Gasteiger partial charge in [0.1, 0.15) is 12.4 Å². The molecule has 0 aliphatic rings. The van der Waals surface area contributed by atoms with Gasteiger partial charge in [-0.05, 0) is 48.9 Å². The topological polar surface area (TPSA) is 52.7 Å². The number of rotatable bonds is 9. The van der Waals surface area contributed by atoms with Crippen LogP contribution in [0.4, 0.5) is 14.9 Å². The Kier molecular flexibility index (Phi) is 8.16. The van der Waals surface area contributed by atoms with Gasteiger partial charge in [0.05, 0.1) is 6.54 Å². The summed E-state index contributed by atoms with van der Waals surface area (Å²) in [4.78, 5) is 31.3. The minimum atomic E-state index is -0.377. The Labute approximate surface area is 191 Å². The first-order valence-corrected chi connectivity index (χ1v) is 11.1. The van der Waals surface area contributed by atoms with Crippen LogP contribution in [-0.4, -0.2) is 34.8 Å². The Bertz CT molecular complexity index is 1050. The molecule has 32 heavy (non-hydrogen) atoms. The number of hydrogen-bond donors (Lipinski definition) is 1. The fraction of sp³-hybridized carbons (Fsp3) is 0.200. The number of hydrogen-bond acceptors (Lipinski definition) is 3. The third-order valence-corrected chi connectivity index (χ3v) is 5.76. The molecule has 7 heteroatoms. The number of urea groups is 1. The molecule has 1 N–H and O–H groups in total. The predicted molar refractivity (Wildman–Crippen MR) is 127 cm³/mol. The number of carbonyl (C=O) groups excluding carboxylic acids is 2. The van der Waals surface area contributed by atoms with Gasteiger partial charge in [0.2, 0.25) is 5.91 Å². The fourth-order valence-electron chi connectivity index (χ4n) is 3.16. The van der Waals surface area contributed by atoms with E-state index in [1.807, 2.05) is 37.3 Å². The Balaban J connectivity index is 1.75. The second-order valence-electron chi connectivity index (χ2n) is 7.35. The molecule has 0 spiro atoms. The van der Waals surface area contributed by atoms with Crippen molar-refractivity contribution in [2.75, 3.05) is 18.4 Å². The Morgan fingerprint density at radius 3 is 2.34 bits per heavy atom. The molecule has 0 saturated carbocycles. The van der Waals surface area contributed by atoms with Crippen molar-refractivity contribution < 1.29 is 14.0 Å². The summed E-state index contributed by atoms with van der Waals surface area (Å²) < 4.78 is 13.3. The van der Waals surface area contributed by atoms with E-state index >= 15 is 0 Å². The summed E-state index contributed by atoms with van der Waals surface area (Å²) in [6.45, 7) is 6.58. The highest BCUT2D eigenvalue weighted by atomic mass is 32.1. The predicted octanol–water partition coefficient (Wildman–Crippen LogP) is 5.44. The number of para-hydroxylation sites is 1. The molecular formula is C25H26FN3O2S. The number of nitrogens with zero attached hydrogens (tertiary/aromatic N) is 2. The van der Waals surface area contributed by atoms with Crippen LogP contribution in [0.25, 0.3) is 0 Å². The van der Waals surface area contributed by atoms with E-state index in [1.165, 1.54) is 17.0 Å². The maximum atomic E-state index is 13.3. The van der Waals surface area contributed by atoms with Crippen LogP contribution in [-0.2, 0) is 17.9 Å². The molecule has 1 aromatic heterocycles. The van der Waals surface area contributed by atoms with Gasteiger partial charge in [-0.25, -0.2) is 9.18 Å². The largest absolute Gasteiger partial charge is 0.332 e. The van der Waals surface area contributed by atoms with E-state index in [2.05, 4.69) is 11.9 Å². The molecule has 0 fully saturated rings. The van der Waals surface area contributed by atoms with Crippen LogP contribution in [0, 0.1) is 12.7 Å². The van der Waals surface area contributed by atoms with E-state index in [4.69, 9.17) is 0 Å². The lowest BCUT2D eigenvalue weighted by Crippen LogP contribution is -2.44. The number of halogens is 1.